The molecule has 2 aromatic rings. The standard InChI is InChI=1S/C15H14Br2FNO2S/c1-10(11-3-6-13(18)7-4-11)19(2)22(20,21)15-9-12(16)5-8-14(15)17/h3-10H,1-2H3. The van der Waals surface area contributed by atoms with Crippen LogP contribution in [-0.2, 0) is 10.0 Å². The van der Waals surface area contributed by atoms with Gasteiger partial charge in [0.15, 0.2) is 0 Å². The van der Waals surface area contributed by atoms with Gasteiger partial charge in [-0.25, -0.2) is 12.8 Å². The Morgan fingerprint density at radius 2 is 1.68 bits per heavy atom. The van der Waals surface area contributed by atoms with Crippen LogP contribution in [-0.4, -0.2) is 19.8 Å². The van der Waals surface area contributed by atoms with E-state index in [-0.39, 0.29) is 10.7 Å². The van der Waals surface area contributed by atoms with E-state index < -0.39 is 16.1 Å². The molecule has 0 radical (unpaired) electrons. The quantitative estimate of drug-likeness (QED) is 0.674. The maximum absolute atomic E-state index is 13.0. The van der Waals surface area contributed by atoms with Crippen molar-refractivity contribution < 1.29 is 12.8 Å². The first-order valence-electron chi connectivity index (χ1n) is 6.42. The molecule has 1 unspecified atom stereocenters. The molecule has 2 aromatic carbocycles. The van der Waals surface area contributed by atoms with Crippen LogP contribution in [0.5, 0.6) is 0 Å². The first-order valence-corrected chi connectivity index (χ1v) is 9.44. The van der Waals surface area contributed by atoms with Crippen molar-refractivity contribution in [2.75, 3.05) is 7.05 Å². The second-order valence-electron chi connectivity index (χ2n) is 4.82. The van der Waals surface area contributed by atoms with E-state index in [1.54, 1.807) is 37.3 Å². The monoisotopic (exact) mass is 449 g/mol. The highest BCUT2D eigenvalue weighted by Gasteiger charge is 2.28. The molecule has 7 heteroatoms. The molecule has 0 bridgehead atoms. The lowest BCUT2D eigenvalue weighted by molar-refractivity contribution is 0.398. The summed E-state index contributed by atoms with van der Waals surface area (Å²) in [5.41, 5.74) is 0.721. The fourth-order valence-corrected chi connectivity index (χ4v) is 4.80. The second-order valence-corrected chi connectivity index (χ2v) is 8.56. The largest absolute Gasteiger partial charge is 0.244 e. The minimum atomic E-state index is -3.69. The van der Waals surface area contributed by atoms with Crippen molar-refractivity contribution >= 4 is 41.9 Å². The molecule has 0 spiro atoms. The van der Waals surface area contributed by atoms with Gasteiger partial charge in [-0.3, -0.25) is 0 Å². The number of rotatable bonds is 4. The van der Waals surface area contributed by atoms with Crippen LogP contribution in [0.1, 0.15) is 18.5 Å². The highest BCUT2D eigenvalue weighted by atomic mass is 79.9. The maximum Gasteiger partial charge on any atom is 0.244 e. The molecular formula is C15H14Br2FNO2S. The van der Waals surface area contributed by atoms with Crippen molar-refractivity contribution in [3.05, 3.63) is 62.8 Å². The number of nitrogens with zero attached hydrogens (tertiary/aromatic N) is 1. The summed E-state index contributed by atoms with van der Waals surface area (Å²) in [6.07, 6.45) is 0. The van der Waals surface area contributed by atoms with Crippen molar-refractivity contribution in [3.63, 3.8) is 0 Å². The van der Waals surface area contributed by atoms with Gasteiger partial charge in [0.25, 0.3) is 0 Å². The molecule has 0 aliphatic rings. The first-order chi connectivity index (χ1) is 10.2. The van der Waals surface area contributed by atoms with Crippen molar-refractivity contribution in [2.24, 2.45) is 0 Å². The number of halogens is 3. The van der Waals surface area contributed by atoms with Gasteiger partial charge in [0.1, 0.15) is 5.82 Å². The molecule has 0 aliphatic heterocycles. The summed E-state index contributed by atoms with van der Waals surface area (Å²) in [6, 6.07) is 10.4. The predicted octanol–water partition coefficient (Wildman–Crippen LogP) is 4.73. The molecule has 0 saturated heterocycles. The Kier molecular flexibility index (Phi) is 5.42. The molecule has 0 aliphatic carbocycles. The van der Waals surface area contributed by atoms with Crippen LogP contribution in [0.25, 0.3) is 0 Å². The van der Waals surface area contributed by atoms with E-state index in [1.165, 1.54) is 23.5 Å². The average molecular weight is 451 g/mol. The molecule has 3 nitrogen and oxygen atoms in total. The number of hydrogen-bond acceptors (Lipinski definition) is 2. The van der Waals surface area contributed by atoms with E-state index in [1.807, 2.05) is 0 Å². The van der Waals surface area contributed by atoms with Gasteiger partial charge in [-0.2, -0.15) is 4.31 Å². The normalized spacial score (nSPS) is 13.4. The van der Waals surface area contributed by atoms with Crippen molar-refractivity contribution in [2.45, 2.75) is 17.9 Å². The van der Waals surface area contributed by atoms with E-state index >= 15 is 0 Å². The van der Waals surface area contributed by atoms with Crippen molar-refractivity contribution in [1.29, 1.82) is 0 Å². The molecule has 1 atom stereocenters. The van der Waals surface area contributed by atoms with Crippen LogP contribution >= 0.6 is 31.9 Å². The summed E-state index contributed by atoms with van der Waals surface area (Å²) in [7, 11) is -2.18. The fraction of sp³-hybridized carbons (Fsp3) is 0.200. The van der Waals surface area contributed by atoms with Crippen LogP contribution < -0.4 is 0 Å². The van der Waals surface area contributed by atoms with Gasteiger partial charge >= 0.3 is 0 Å². The van der Waals surface area contributed by atoms with Gasteiger partial charge in [-0.1, -0.05) is 28.1 Å². The molecule has 0 fully saturated rings. The summed E-state index contributed by atoms with van der Waals surface area (Å²) in [6.45, 7) is 1.76. The second kappa shape index (κ2) is 6.78. The lowest BCUT2D eigenvalue weighted by Crippen LogP contribution is -2.30. The first kappa shape index (κ1) is 17.6. The number of hydrogen-bond donors (Lipinski definition) is 0. The van der Waals surface area contributed by atoms with Gasteiger partial charge in [-0.15, -0.1) is 0 Å². The van der Waals surface area contributed by atoms with E-state index in [2.05, 4.69) is 31.9 Å². The molecule has 0 N–H and O–H groups in total. The molecule has 22 heavy (non-hydrogen) atoms. The Morgan fingerprint density at radius 3 is 2.27 bits per heavy atom. The smallest absolute Gasteiger partial charge is 0.207 e. The molecule has 2 rings (SSSR count). The highest BCUT2D eigenvalue weighted by molar-refractivity contribution is 9.11. The SMILES string of the molecule is CC(c1ccc(F)cc1)N(C)S(=O)(=O)c1cc(Br)ccc1Br. The zero-order valence-corrected chi connectivity index (χ0v) is 15.9. The van der Waals surface area contributed by atoms with Gasteiger partial charge in [0.05, 0.1) is 4.90 Å². The lowest BCUT2D eigenvalue weighted by atomic mass is 10.1. The summed E-state index contributed by atoms with van der Waals surface area (Å²) >= 11 is 6.56. The van der Waals surface area contributed by atoms with E-state index in [0.717, 1.165) is 5.56 Å². The lowest BCUT2D eigenvalue weighted by Gasteiger charge is -2.25. The number of sulfonamides is 1. The Bertz CT molecular complexity index is 779. The van der Waals surface area contributed by atoms with Crippen molar-refractivity contribution in [3.8, 4) is 0 Å². The van der Waals surface area contributed by atoms with Gasteiger partial charge in [0, 0.05) is 22.0 Å². The number of benzene rings is 2. The molecule has 0 amide bonds. The summed E-state index contributed by atoms with van der Waals surface area (Å²) in [4.78, 5) is 0.179. The fourth-order valence-electron chi connectivity index (χ4n) is 1.99. The summed E-state index contributed by atoms with van der Waals surface area (Å²) in [5, 5.41) is 0. The predicted molar refractivity (Wildman–Crippen MR) is 91.6 cm³/mol. The Hall–Kier alpha value is -0.760. The van der Waals surface area contributed by atoms with Crippen LogP contribution in [0, 0.1) is 5.82 Å². The molecular weight excluding hydrogens is 437 g/mol. The van der Waals surface area contributed by atoms with Gasteiger partial charge in [-0.05, 0) is 58.7 Å². The summed E-state index contributed by atoms with van der Waals surface area (Å²) in [5.74, 6) is -0.351. The zero-order valence-electron chi connectivity index (χ0n) is 11.9. The summed E-state index contributed by atoms with van der Waals surface area (Å²) < 4.78 is 41.0. The van der Waals surface area contributed by atoms with Gasteiger partial charge in [0.2, 0.25) is 10.0 Å². The van der Waals surface area contributed by atoms with Crippen LogP contribution in [0.4, 0.5) is 4.39 Å². The molecule has 0 heterocycles. The maximum atomic E-state index is 13.0. The van der Waals surface area contributed by atoms with Crippen LogP contribution in [0.15, 0.2) is 56.3 Å². The molecule has 118 valence electrons. The third kappa shape index (κ3) is 3.59. The Labute approximate surface area is 146 Å². The van der Waals surface area contributed by atoms with Gasteiger partial charge < -0.3 is 0 Å². The minimum absolute atomic E-state index is 0.179. The topological polar surface area (TPSA) is 37.4 Å². The minimum Gasteiger partial charge on any atom is -0.207 e. The Morgan fingerprint density at radius 1 is 1.09 bits per heavy atom. The molecule has 0 saturated carbocycles. The highest BCUT2D eigenvalue weighted by Crippen LogP contribution is 2.31. The Balaban J connectivity index is 2.40. The van der Waals surface area contributed by atoms with E-state index in [0.29, 0.717) is 8.95 Å². The third-order valence-corrected chi connectivity index (χ3v) is 6.86. The average Bonchev–Trinajstić information content (AvgIpc) is 2.48. The van der Waals surface area contributed by atoms with Crippen LogP contribution in [0.2, 0.25) is 0 Å². The van der Waals surface area contributed by atoms with E-state index in [4.69, 9.17) is 0 Å². The van der Waals surface area contributed by atoms with Crippen molar-refractivity contribution in [1.82, 2.24) is 4.31 Å². The zero-order chi connectivity index (χ0) is 16.5. The van der Waals surface area contributed by atoms with E-state index in [9.17, 15) is 12.8 Å². The third-order valence-electron chi connectivity index (χ3n) is 3.45. The molecule has 0 aromatic heterocycles. The van der Waals surface area contributed by atoms with Crippen LogP contribution in [0.3, 0.4) is 0 Å².